The Bertz CT molecular complexity index is 313. The van der Waals surface area contributed by atoms with E-state index in [2.05, 4.69) is 27.4 Å². The summed E-state index contributed by atoms with van der Waals surface area (Å²) in [6, 6.07) is 5.37. The summed E-state index contributed by atoms with van der Waals surface area (Å²) in [5.74, 6) is 0.310. The van der Waals surface area contributed by atoms with E-state index in [4.69, 9.17) is 0 Å². The van der Waals surface area contributed by atoms with Gasteiger partial charge in [-0.1, -0.05) is 53.7 Å². The van der Waals surface area contributed by atoms with Gasteiger partial charge in [-0.25, -0.2) is 0 Å². The van der Waals surface area contributed by atoms with Crippen molar-refractivity contribution in [3.8, 4) is 5.75 Å². The Labute approximate surface area is 107 Å². The van der Waals surface area contributed by atoms with E-state index in [0.29, 0.717) is 5.75 Å². The Morgan fingerprint density at radius 2 is 1.65 bits per heavy atom. The van der Waals surface area contributed by atoms with Gasteiger partial charge < -0.3 is 5.11 Å². The second-order valence-electron chi connectivity index (χ2n) is 3.66. The van der Waals surface area contributed by atoms with Crippen molar-refractivity contribution in [3.05, 3.63) is 35.9 Å². The first-order valence-corrected chi connectivity index (χ1v) is 6.54. The molecule has 1 rings (SSSR count). The van der Waals surface area contributed by atoms with Gasteiger partial charge in [0.25, 0.3) is 0 Å². The summed E-state index contributed by atoms with van der Waals surface area (Å²) in [5.41, 5.74) is 3.31. The molecule has 0 aliphatic carbocycles. The molecule has 0 saturated carbocycles. The third kappa shape index (κ3) is 7.62. The summed E-state index contributed by atoms with van der Waals surface area (Å²) in [4.78, 5) is 0. The van der Waals surface area contributed by atoms with Gasteiger partial charge in [0, 0.05) is 0 Å². The zero-order valence-corrected chi connectivity index (χ0v) is 12.3. The molecular weight excluding hydrogens is 208 g/mol. The monoisotopic (exact) mass is 236 g/mol. The van der Waals surface area contributed by atoms with Crippen molar-refractivity contribution in [1.82, 2.24) is 0 Å². The number of hydrogen-bond acceptors (Lipinski definition) is 1. The predicted octanol–water partition coefficient (Wildman–Crippen LogP) is 5.57. The van der Waals surface area contributed by atoms with Crippen LogP contribution in [0.15, 0.2) is 24.8 Å². The van der Waals surface area contributed by atoms with Gasteiger partial charge in [-0.3, -0.25) is 0 Å². The van der Waals surface area contributed by atoms with Gasteiger partial charge in [0.05, 0.1) is 0 Å². The fourth-order valence-corrected chi connectivity index (χ4v) is 1.18. The molecule has 0 atom stereocenters. The largest absolute Gasteiger partial charge is 0.508 e. The first kappa shape index (κ1) is 18.1. The molecule has 98 valence electrons. The number of aromatic hydroxyl groups is 1. The maximum atomic E-state index is 9.24. The van der Waals surface area contributed by atoms with E-state index in [1.165, 1.54) is 12.0 Å². The Morgan fingerprint density at radius 1 is 1.18 bits per heavy atom. The highest BCUT2D eigenvalue weighted by atomic mass is 16.3. The molecule has 1 aromatic carbocycles. The Balaban J connectivity index is 0. The number of phenols is 1. The second kappa shape index (κ2) is 11.3. The number of phenolic OH excluding ortho intramolecular Hbond substituents is 1. The fraction of sp³-hybridized carbons (Fsp3) is 0.500. The van der Waals surface area contributed by atoms with Gasteiger partial charge in [-0.2, -0.15) is 0 Å². The van der Waals surface area contributed by atoms with E-state index < -0.39 is 0 Å². The van der Waals surface area contributed by atoms with E-state index >= 15 is 0 Å². The van der Waals surface area contributed by atoms with Gasteiger partial charge in [0.1, 0.15) is 5.75 Å². The average molecular weight is 236 g/mol. The molecule has 0 aromatic heterocycles. The number of rotatable bonds is 2. The minimum absolute atomic E-state index is 0.310. The van der Waals surface area contributed by atoms with Crippen LogP contribution in [0.3, 0.4) is 0 Å². The van der Waals surface area contributed by atoms with Crippen molar-refractivity contribution in [3.63, 3.8) is 0 Å². The van der Waals surface area contributed by atoms with Crippen LogP contribution in [-0.4, -0.2) is 5.11 Å². The van der Waals surface area contributed by atoms with Crippen LogP contribution in [0.25, 0.3) is 5.57 Å². The van der Waals surface area contributed by atoms with Crippen molar-refractivity contribution in [2.24, 2.45) is 0 Å². The molecule has 1 heteroatoms. The van der Waals surface area contributed by atoms with Gasteiger partial charge in [0.2, 0.25) is 0 Å². The normalized spacial score (nSPS) is 8.35. The minimum atomic E-state index is 0.310. The van der Waals surface area contributed by atoms with Crippen LogP contribution in [0.5, 0.6) is 5.75 Å². The lowest BCUT2D eigenvalue weighted by Crippen LogP contribution is -1.85. The molecular formula is C16H28O. The number of aryl methyl sites for hydroxylation is 1. The lowest BCUT2D eigenvalue weighted by molar-refractivity contribution is 0.475. The first-order valence-electron chi connectivity index (χ1n) is 6.54. The zero-order valence-electron chi connectivity index (χ0n) is 12.3. The maximum absolute atomic E-state index is 9.24. The smallest absolute Gasteiger partial charge is 0.116 e. The van der Waals surface area contributed by atoms with Crippen molar-refractivity contribution < 1.29 is 5.11 Å². The number of benzene rings is 1. The van der Waals surface area contributed by atoms with Crippen molar-refractivity contribution in [1.29, 1.82) is 0 Å². The van der Waals surface area contributed by atoms with Crippen LogP contribution in [0.4, 0.5) is 0 Å². The maximum Gasteiger partial charge on any atom is 0.116 e. The Kier molecular flexibility index (Phi) is 12.0. The summed E-state index contributed by atoms with van der Waals surface area (Å²) >= 11 is 0. The highest BCUT2D eigenvalue weighted by molar-refractivity contribution is 5.67. The lowest BCUT2D eigenvalue weighted by Gasteiger charge is -2.06. The molecule has 1 nitrogen and oxygen atoms in total. The Hall–Kier alpha value is -1.24. The lowest BCUT2D eigenvalue weighted by atomic mass is 10.00. The van der Waals surface area contributed by atoms with Crippen LogP contribution in [0.1, 0.15) is 58.6 Å². The third-order valence-electron chi connectivity index (χ3n) is 2.03. The molecule has 0 radical (unpaired) electrons. The van der Waals surface area contributed by atoms with Crippen LogP contribution in [0.2, 0.25) is 0 Å². The summed E-state index contributed by atoms with van der Waals surface area (Å²) in [6.45, 7) is 16.3. The number of allylic oxidation sites excluding steroid dienone is 1. The van der Waals surface area contributed by atoms with Gasteiger partial charge in [0.15, 0.2) is 0 Å². The molecule has 0 amide bonds. The molecule has 0 aliphatic rings. The van der Waals surface area contributed by atoms with Crippen molar-refractivity contribution in [2.75, 3.05) is 0 Å². The molecule has 0 aliphatic heterocycles. The number of hydrogen-bond donors (Lipinski definition) is 1. The van der Waals surface area contributed by atoms with E-state index in [1.54, 1.807) is 12.1 Å². The van der Waals surface area contributed by atoms with Gasteiger partial charge >= 0.3 is 0 Å². The summed E-state index contributed by atoms with van der Waals surface area (Å²) in [6.07, 6.45) is 2.17. The van der Waals surface area contributed by atoms with Crippen molar-refractivity contribution in [2.45, 2.75) is 54.4 Å². The minimum Gasteiger partial charge on any atom is -0.508 e. The van der Waals surface area contributed by atoms with Gasteiger partial charge in [-0.05, 0) is 42.2 Å². The summed E-state index contributed by atoms with van der Waals surface area (Å²) in [7, 11) is 0. The molecule has 0 fully saturated rings. The molecule has 0 bridgehead atoms. The highest BCUT2D eigenvalue weighted by Gasteiger charge is 2.01. The summed E-state index contributed by atoms with van der Waals surface area (Å²) < 4.78 is 0. The van der Waals surface area contributed by atoms with E-state index in [9.17, 15) is 5.11 Å². The van der Waals surface area contributed by atoms with Gasteiger partial charge in [-0.15, -0.1) is 0 Å². The van der Waals surface area contributed by atoms with E-state index in [0.717, 1.165) is 17.6 Å². The molecule has 0 saturated heterocycles. The molecule has 1 aromatic rings. The third-order valence-corrected chi connectivity index (χ3v) is 2.03. The van der Waals surface area contributed by atoms with E-state index in [-0.39, 0.29) is 0 Å². The van der Waals surface area contributed by atoms with Crippen molar-refractivity contribution >= 4 is 5.57 Å². The predicted molar refractivity (Wildman–Crippen MR) is 79.5 cm³/mol. The highest BCUT2D eigenvalue weighted by Crippen LogP contribution is 2.23. The quantitative estimate of drug-likeness (QED) is 0.712. The van der Waals surface area contributed by atoms with Crippen LogP contribution in [0, 0.1) is 6.92 Å². The fourth-order valence-electron chi connectivity index (χ4n) is 1.18. The topological polar surface area (TPSA) is 20.2 Å². The molecule has 17 heavy (non-hydrogen) atoms. The summed E-state index contributed by atoms with van der Waals surface area (Å²) in [5, 5.41) is 9.24. The van der Waals surface area contributed by atoms with Crippen LogP contribution >= 0.6 is 0 Å². The first-order chi connectivity index (χ1) is 8.06. The molecule has 0 spiro atoms. The van der Waals surface area contributed by atoms with Crippen LogP contribution < -0.4 is 0 Å². The van der Waals surface area contributed by atoms with Crippen LogP contribution in [-0.2, 0) is 0 Å². The molecule has 1 N–H and O–H groups in total. The second-order valence-corrected chi connectivity index (χ2v) is 3.66. The SMILES string of the molecule is C=C(CC)c1cc(O)ccc1C.CC.CCC. The van der Waals surface area contributed by atoms with E-state index in [1.807, 2.05) is 26.8 Å². The standard InChI is InChI=1S/C11H14O.C3H8.C2H6/c1-4-8(2)11-7-10(12)6-5-9(11)3;1-3-2;1-2/h5-7,12H,2,4H2,1,3H3;3H2,1-2H3;1-2H3. The zero-order chi connectivity index (χ0) is 13.8. The molecule has 0 unspecified atom stereocenters. The Morgan fingerprint density at radius 3 is 2.06 bits per heavy atom. The molecule has 0 heterocycles. The average Bonchev–Trinajstić information content (AvgIpc) is 2.35.